The second kappa shape index (κ2) is 5.35. The molecule has 0 unspecified atom stereocenters. The highest BCUT2D eigenvalue weighted by molar-refractivity contribution is 14.1. The van der Waals surface area contributed by atoms with Crippen LogP contribution in [0, 0.1) is 0 Å². The molecule has 0 bridgehead atoms. The molecule has 1 fully saturated rings. The maximum Gasteiger partial charge on any atom is 0.391 e. The summed E-state index contributed by atoms with van der Waals surface area (Å²) in [5, 5.41) is 0. The molecule has 0 aromatic rings. The molecule has 0 spiro atoms. The molecule has 0 saturated carbocycles. The van der Waals surface area contributed by atoms with Gasteiger partial charge >= 0.3 is 6.18 Å². The molecule has 0 radical (unpaired) electrons. The standard InChI is InChI=1S/C9H12F3IN2O/c1-2-8(16)15-4-3-14(13)6-7(15)5-9(10,11)12/h2,7H,1,3-6H2/t7-/m0/s1. The van der Waals surface area contributed by atoms with Gasteiger partial charge in [-0.25, -0.2) is 3.11 Å². The van der Waals surface area contributed by atoms with Crippen molar-refractivity contribution in [3.05, 3.63) is 12.7 Å². The maximum absolute atomic E-state index is 12.3. The number of rotatable bonds is 2. The van der Waals surface area contributed by atoms with Gasteiger partial charge in [0.1, 0.15) is 0 Å². The minimum absolute atomic E-state index is 0.236. The van der Waals surface area contributed by atoms with E-state index in [-0.39, 0.29) is 6.54 Å². The van der Waals surface area contributed by atoms with Gasteiger partial charge in [0.05, 0.1) is 12.5 Å². The summed E-state index contributed by atoms with van der Waals surface area (Å²) in [7, 11) is 0. The van der Waals surface area contributed by atoms with Gasteiger partial charge in [-0.15, -0.1) is 0 Å². The molecule has 0 aliphatic carbocycles. The molecule has 92 valence electrons. The zero-order chi connectivity index (χ0) is 12.3. The normalized spacial score (nSPS) is 23.2. The van der Waals surface area contributed by atoms with E-state index in [2.05, 4.69) is 6.58 Å². The smallest absolute Gasteiger partial charge is 0.333 e. The quantitative estimate of drug-likeness (QED) is 0.433. The monoisotopic (exact) mass is 348 g/mol. The van der Waals surface area contributed by atoms with Gasteiger partial charge < -0.3 is 4.90 Å². The Kier molecular flexibility index (Phi) is 4.60. The minimum atomic E-state index is -4.25. The summed E-state index contributed by atoms with van der Waals surface area (Å²) in [6.07, 6.45) is -4.16. The van der Waals surface area contributed by atoms with Gasteiger partial charge in [-0.3, -0.25) is 4.79 Å². The number of amides is 1. The Hall–Kier alpha value is -0.310. The summed E-state index contributed by atoms with van der Waals surface area (Å²) in [4.78, 5) is 12.6. The minimum Gasteiger partial charge on any atom is -0.333 e. The average molecular weight is 348 g/mol. The summed E-state index contributed by atoms with van der Waals surface area (Å²) in [5.41, 5.74) is 0. The van der Waals surface area contributed by atoms with Crippen LogP contribution in [0.5, 0.6) is 0 Å². The van der Waals surface area contributed by atoms with E-state index in [9.17, 15) is 18.0 Å². The Morgan fingerprint density at radius 1 is 1.50 bits per heavy atom. The van der Waals surface area contributed by atoms with Crippen LogP contribution in [0.4, 0.5) is 13.2 Å². The zero-order valence-electron chi connectivity index (χ0n) is 8.50. The van der Waals surface area contributed by atoms with Gasteiger partial charge in [-0.05, 0) is 6.08 Å². The van der Waals surface area contributed by atoms with E-state index in [4.69, 9.17) is 0 Å². The Morgan fingerprint density at radius 2 is 2.12 bits per heavy atom. The highest BCUT2D eigenvalue weighted by atomic mass is 127. The summed E-state index contributed by atoms with van der Waals surface area (Å²) >= 11 is 1.97. The van der Waals surface area contributed by atoms with Gasteiger partial charge in [0, 0.05) is 42.5 Å². The first-order valence-electron chi connectivity index (χ1n) is 4.74. The number of hydrogen-bond donors (Lipinski definition) is 0. The number of carbonyl (C=O) groups is 1. The van der Waals surface area contributed by atoms with E-state index in [1.54, 1.807) is 3.11 Å². The molecule has 1 aliphatic heterocycles. The number of alkyl halides is 3. The molecule has 1 rings (SSSR count). The first-order chi connectivity index (χ1) is 7.33. The summed E-state index contributed by atoms with van der Waals surface area (Å²) in [6, 6.07) is -0.809. The van der Waals surface area contributed by atoms with Gasteiger partial charge in [-0.2, -0.15) is 13.2 Å². The van der Waals surface area contributed by atoms with E-state index < -0.39 is 24.5 Å². The van der Waals surface area contributed by atoms with Crippen LogP contribution in [0.15, 0.2) is 12.7 Å². The lowest BCUT2D eigenvalue weighted by Gasteiger charge is -2.38. The van der Waals surface area contributed by atoms with Crippen LogP contribution in [-0.2, 0) is 4.79 Å². The fraction of sp³-hybridized carbons (Fsp3) is 0.667. The molecule has 1 atom stereocenters. The fourth-order valence-electron chi connectivity index (χ4n) is 1.67. The number of nitrogens with zero attached hydrogens (tertiary/aromatic N) is 2. The van der Waals surface area contributed by atoms with E-state index >= 15 is 0 Å². The Morgan fingerprint density at radius 3 is 2.62 bits per heavy atom. The summed E-state index contributed by atoms with van der Waals surface area (Å²) in [6.45, 7) is 4.43. The van der Waals surface area contributed by atoms with Crippen molar-refractivity contribution < 1.29 is 18.0 Å². The van der Waals surface area contributed by atoms with Crippen LogP contribution < -0.4 is 0 Å². The van der Waals surface area contributed by atoms with E-state index in [0.29, 0.717) is 13.1 Å². The highest BCUT2D eigenvalue weighted by Gasteiger charge is 2.38. The molecule has 16 heavy (non-hydrogen) atoms. The molecule has 1 heterocycles. The zero-order valence-corrected chi connectivity index (χ0v) is 10.7. The van der Waals surface area contributed by atoms with Crippen molar-refractivity contribution in [1.82, 2.24) is 8.01 Å². The summed E-state index contributed by atoms with van der Waals surface area (Å²) < 4.78 is 38.7. The lowest BCUT2D eigenvalue weighted by atomic mass is 10.1. The van der Waals surface area contributed by atoms with Crippen LogP contribution >= 0.6 is 22.9 Å². The molecule has 1 amide bonds. The number of hydrogen-bond acceptors (Lipinski definition) is 2. The number of carbonyl (C=O) groups excluding carboxylic acids is 1. The maximum atomic E-state index is 12.3. The van der Waals surface area contributed by atoms with Crippen molar-refractivity contribution in [1.29, 1.82) is 0 Å². The van der Waals surface area contributed by atoms with Crippen molar-refractivity contribution in [3.63, 3.8) is 0 Å². The molecule has 0 aromatic carbocycles. The van der Waals surface area contributed by atoms with Gasteiger partial charge in [0.15, 0.2) is 0 Å². The van der Waals surface area contributed by atoms with Crippen LogP contribution in [-0.4, -0.2) is 45.8 Å². The van der Waals surface area contributed by atoms with Crippen LogP contribution in [0.3, 0.4) is 0 Å². The SMILES string of the molecule is C=CC(=O)N1CCN(I)C[C@@H]1CC(F)(F)F. The molecular weight excluding hydrogens is 336 g/mol. The predicted molar refractivity (Wildman–Crippen MR) is 62.0 cm³/mol. The van der Waals surface area contributed by atoms with Gasteiger partial charge in [0.25, 0.3) is 0 Å². The van der Waals surface area contributed by atoms with Crippen molar-refractivity contribution >= 4 is 28.8 Å². The van der Waals surface area contributed by atoms with Crippen LogP contribution in [0.25, 0.3) is 0 Å². The largest absolute Gasteiger partial charge is 0.391 e. The molecule has 7 heteroatoms. The van der Waals surface area contributed by atoms with Gasteiger partial charge in [-0.1, -0.05) is 6.58 Å². The molecule has 0 aromatic heterocycles. The highest BCUT2D eigenvalue weighted by Crippen LogP contribution is 2.27. The van der Waals surface area contributed by atoms with Crippen molar-refractivity contribution in [3.8, 4) is 0 Å². The van der Waals surface area contributed by atoms with E-state index in [0.717, 1.165) is 6.08 Å². The third-order valence-electron chi connectivity index (χ3n) is 2.36. The number of piperazine rings is 1. The molecule has 1 saturated heterocycles. The second-order valence-electron chi connectivity index (χ2n) is 3.58. The van der Waals surface area contributed by atoms with E-state index in [1.807, 2.05) is 22.9 Å². The fourth-order valence-corrected chi connectivity index (χ4v) is 2.34. The molecule has 0 N–H and O–H groups in total. The Balaban J connectivity index is 2.73. The van der Waals surface area contributed by atoms with Crippen molar-refractivity contribution in [2.24, 2.45) is 0 Å². The molecule has 1 aliphatic rings. The third kappa shape index (κ3) is 3.93. The van der Waals surface area contributed by atoms with Crippen LogP contribution in [0.2, 0.25) is 0 Å². The van der Waals surface area contributed by atoms with Gasteiger partial charge in [0.2, 0.25) is 5.91 Å². The predicted octanol–water partition coefficient (Wildman–Crippen LogP) is 1.99. The number of halogens is 4. The first kappa shape index (κ1) is 13.8. The Labute approximate surface area is 106 Å². The van der Waals surface area contributed by atoms with Crippen molar-refractivity contribution in [2.75, 3.05) is 19.6 Å². The average Bonchev–Trinajstić information content (AvgIpc) is 2.14. The Bertz CT molecular complexity index is 282. The van der Waals surface area contributed by atoms with Crippen molar-refractivity contribution in [2.45, 2.75) is 18.6 Å². The van der Waals surface area contributed by atoms with Crippen LogP contribution in [0.1, 0.15) is 6.42 Å². The van der Waals surface area contributed by atoms with E-state index in [1.165, 1.54) is 4.90 Å². The lowest BCUT2D eigenvalue weighted by Crippen LogP contribution is -2.53. The first-order valence-corrected chi connectivity index (χ1v) is 5.70. The topological polar surface area (TPSA) is 23.6 Å². The third-order valence-corrected chi connectivity index (χ3v) is 3.23. The second-order valence-corrected chi connectivity index (χ2v) is 4.94. The summed E-state index contributed by atoms with van der Waals surface area (Å²) in [5.74, 6) is -0.432. The molecular formula is C9H12F3IN2O. The lowest BCUT2D eigenvalue weighted by molar-refractivity contribution is -0.155. The molecule has 3 nitrogen and oxygen atoms in total.